The van der Waals surface area contributed by atoms with E-state index in [2.05, 4.69) is 21.2 Å². The second kappa shape index (κ2) is 6.07. The van der Waals surface area contributed by atoms with Crippen molar-refractivity contribution >= 4 is 33.3 Å². The number of benzene rings is 2. The second-order valence-electron chi connectivity index (χ2n) is 6.79. The molecule has 0 fully saturated rings. The lowest BCUT2D eigenvalue weighted by Gasteiger charge is -2.21. The minimum absolute atomic E-state index is 0.223. The Morgan fingerprint density at radius 2 is 1.88 bits per heavy atom. The molecule has 2 aromatic carbocycles. The van der Waals surface area contributed by atoms with Crippen molar-refractivity contribution in [3.8, 4) is 0 Å². The van der Waals surface area contributed by atoms with Crippen LogP contribution in [0.2, 0.25) is 0 Å². The normalized spacial score (nSPS) is 21.4. The summed E-state index contributed by atoms with van der Waals surface area (Å²) in [6, 6.07) is 10.9. The Labute approximate surface area is 154 Å². The number of carbonyl (C=O) groups excluding carboxylic acids is 2. The zero-order valence-electron chi connectivity index (χ0n) is 13.6. The summed E-state index contributed by atoms with van der Waals surface area (Å²) in [4.78, 5) is 25.1. The van der Waals surface area contributed by atoms with Gasteiger partial charge in [-0.25, -0.2) is 0 Å². The predicted octanol–water partition coefficient (Wildman–Crippen LogP) is 3.74. The summed E-state index contributed by atoms with van der Waals surface area (Å²) < 4.78 is 0.752. The lowest BCUT2D eigenvalue weighted by molar-refractivity contribution is -0.133. The third-order valence-electron chi connectivity index (χ3n) is 5.14. The molecule has 1 unspecified atom stereocenters. The van der Waals surface area contributed by atoms with Gasteiger partial charge in [0.2, 0.25) is 0 Å². The molecule has 2 aromatic rings. The summed E-state index contributed by atoms with van der Waals surface area (Å²) in [6.07, 6.45) is 4.10. The van der Waals surface area contributed by atoms with E-state index in [4.69, 9.17) is 0 Å². The first-order chi connectivity index (χ1) is 12.0. The van der Waals surface area contributed by atoms with Crippen molar-refractivity contribution in [3.63, 3.8) is 0 Å². The van der Waals surface area contributed by atoms with Crippen LogP contribution in [-0.2, 0) is 23.2 Å². The summed E-state index contributed by atoms with van der Waals surface area (Å²) in [6.45, 7) is 0. The van der Waals surface area contributed by atoms with E-state index in [-0.39, 0.29) is 12.2 Å². The highest BCUT2D eigenvalue weighted by Gasteiger charge is 2.46. The van der Waals surface area contributed by atoms with Crippen LogP contribution in [0.3, 0.4) is 0 Å². The molecule has 128 valence electrons. The number of aliphatic hydroxyl groups is 1. The number of anilines is 1. The van der Waals surface area contributed by atoms with Crippen molar-refractivity contribution in [2.24, 2.45) is 0 Å². The minimum atomic E-state index is -1.83. The third kappa shape index (κ3) is 2.81. The maximum atomic E-state index is 12.8. The minimum Gasteiger partial charge on any atom is -0.375 e. The maximum absolute atomic E-state index is 12.8. The second-order valence-corrected chi connectivity index (χ2v) is 7.71. The van der Waals surface area contributed by atoms with Gasteiger partial charge >= 0.3 is 0 Å². The molecule has 0 saturated heterocycles. The maximum Gasteiger partial charge on any atom is 0.261 e. The molecule has 0 radical (unpaired) electrons. The summed E-state index contributed by atoms with van der Waals surface area (Å²) in [5.74, 6) is -0.772. The number of amides is 1. The Kier molecular flexibility index (Phi) is 4.01. The van der Waals surface area contributed by atoms with E-state index >= 15 is 0 Å². The fourth-order valence-electron chi connectivity index (χ4n) is 3.73. The van der Waals surface area contributed by atoms with Crippen molar-refractivity contribution in [2.75, 3.05) is 5.32 Å². The van der Waals surface area contributed by atoms with Gasteiger partial charge in [0.1, 0.15) is 0 Å². The summed E-state index contributed by atoms with van der Waals surface area (Å²) >= 11 is 3.35. The fraction of sp³-hybridized carbons (Fsp3) is 0.300. The largest absolute Gasteiger partial charge is 0.375 e. The van der Waals surface area contributed by atoms with E-state index in [9.17, 15) is 14.7 Å². The molecule has 1 amide bonds. The molecular weight excluding hydrogens is 382 g/mol. The average Bonchev–Trinajstić information content (AvgIpc) is 2.85. The quantitative estimate of drug-likeness (QED) is 0.772. The molecule has 1 heterocycles. The van der Waals surface area contributed by atoms with E-state index < -0.39 is 11.5 Å². The standard InChI is InChI=1S/C20H18BrNO3/c21-15-7-8-17-16(10-15)20(25,19(24)22-17)11-18(23)14-6-5-12-3-1-2-4-13(12)9-14/h5-10,25H,1-4,11H2,(H,22,24). The van der Waals surface area contributed by atoms with E-state index in [1.54, 1.807) is 18.2 Å². The van der Waals surface area contributed by atoms with Gasteiger partial charge in [-0.05, 0) is 61.1 Å². The van der Waals surface area contributed by atoms with E-state index in [1.165, 1.54) is 17.5 Å². The van der Waals surface area contributed by atoms with Gasteiger partial charge in [-0.2, -0.15) is 0 Å². The van der Waals surface area contributed by atoms with Crippen LogP contribution in [0.5, 0.6) is 0 Å². The Morgan fingerprint density at radius 3 is 2.68 bits per heavy atom. The van der Waals surface area contributed by atoms with E-state index in [0.29, 0.717) is 16.8 Å². The Morgan fingerprint density at radius 1 is 1.12 bits per heavy atom. The van der Waals surface area contributed by atoms with Gasteiger partial charge in [-0.15, -0.1) is 0 Å². The summed E-state index contributed by atoms with van der Waals surface area (Å²) in [7, 11) is 0. The summed E-state index contributed by atoms with van der Waals surface area (Å²) in [5, 5.41) is 13.6. The molecule has 0 aromatic heterocycles. The molecule has 25 heavy (non-hydrogen) atoms. The first kappa shape index (κ1) is 16.5. The van der Waals surface area contributed by atoms with Gasteiger partial charge in [0, 0.05) is 21.3 Å². The number of aryl methyl sites for hydroxylation is 2. The number of halogens is 1. The Balaban J connectivity index is 1.65. The van der Waals surface area contributed by atoms with Gasteiger partial charge in [-0.3, -0.25) is 9.59 Å². The molecule has 4 rings (SSSR count). The monoisotopic (exact) mass is 399 g/mol. The molecule has 1 aliphatic carbocycles. The molecule has 1 atom stereocenters. The van der Waals surface area contributed by atoms with Gasteiger partial charge < -0.3 is 10.4 Å². The van der Waals surface area contributed by atoms with Crippen molar-refractivity contribution in [2.45, 2.75) is 37.7 Å². The number of nitrogens with one attached hydrogen (secondary N) is 1. The van der Waals surface area contributed by atoms with Gasteiger partial charge in [0.05, 0.1) is 6.42 Å². The lowest BCUT2D eigenvalue weighted by Crippen LogP contribution is -2.36. The van der Waals surface area contributed by atoms with Crippen LogP contribution in [0.4, 0.5) is 5.69 Å². The Hall–Kier alpha value is -1.98. The average molecular weight is 400 g/mol. The van der Waals surface area contributed by atoms with Crippen LogP contribution >= 0.6 is 15.9 Å². The van der Waals surface area contributed by atoms with Crippen molar-refractivity contribution in [1.82, 2.24) is 0 Å². The highest BCUT2D eigenvalue weighted by atomic mass is 79.9. The SMILES string of the molecule is O=C(CC1(O)C(=O)Nc2ccc(Br)cc21)c1ccc2c(c1)CCCC2. The van der Waals surface area contributed by atoms with Crippen molar-refractivity contribution in [3.05, 3.63) is 63.1 Å². The molecule has 0 spiro atoms. The molecule has 2 aliphatic rings. The van der Waals surface area contributed by atoms with E-state index in [0.717, 1.165) is 23.7 Å². The molecule has 0 bridgehead atoms. The van der Waals surface area contributed by atoms with Crippen molar-refractivity contribution in [1.29, 1.82) is 0 Å². The van der Waals surface area contributed by atoms with Gasteiger partial charge in [0.25, 0.3) is 5.91 Å². The number of rotatable bonds is 3. The van der Waals surface area contributed by atoms with Crippen molar-refractivity contribution < 1.29 is 14.7 Å². The molecule has 2 N–H and O–H groups in total. The highest BCUT2D eigenvalue weighted by Crippen LogP contribution is 2.40. The molecule has 5 heteroatoms. The van der Waals surface area contributed by atoms with Crippen LogP contribution in [0, 0.1) is 0 Å². The number of hydrogen-bond acceptors (Lipinski definition) is 3. The predicted molar refractivity (Wildman–Crippen MR) is 98.7 cm³/mol. The number of fused-ring (bicyclic) bond motifs is 2. The van der Waals surface area contributed by atoms with Crippen LogP contribution in [0.1, 0.15) is 46.3 Å². The number of ketones is 1. The third-order valence-corrected chi connectivity index (χ3v) is 5.63. The van der Waals surface area contributed by atoms with Crippen LogP contribution in [0.25, 0.3) is 0 Å². The fourth-order valence-corrected chi connectivity index (χ4v) is 4.09. The number of Topliss-reactive ketones (excluding diaryl/α,β-unsaturated/α-hetero) is 1. The van der Waals surface area contributed by atoms with Crippen LogP contribution in [0.15, 0.2) is 40.9 Å². The van der Waals surface area contributed by atoms with Gasteiger partial charge in [0.15, 0.2) is 11.4 Å². The topological polar surface area (TPSA) is 66.4 Å². The first-order valence-electron chi connectivity index (χ1n) is 8.46. The lowest BCUT2D eigenvalue weighted by atomic mass is 9.85. The molecule has 1 aliphatic heterocycles. The number of carbonyl (C=O) groups is 2. The van der Waals surface area contributed by atoms with Crippen LogP contribution < -0.4 is 5.32 Å². The molecule has 0 saturated carbocycles. The Bertz CT molecular complexity index is 893. The smallest absolute Gasteiger partial charge is 0.261 e. The van der Waals surface area contributed by atoms with Crippen LogP contribution in [-0.4, -0.2) is 16.8 Å². The van der Waals surface area contributed by atoms with Gasteiger partial charge in [-0.1, -0.05) is 28.1 Å². The molecule has 4 nitrogen and oxygen atoms in total. The summed E-state index contributed by atoms with van der Waals surface area (Å²) in [5.41, 5.74) is 2.24. The zero-order valence-corrected chi connectivity index (χ0v) is 15.2. The van der Waals surface area contributed by atoms with E-state index in [1.807, 2.05) is 18.2 Å². The highest BCUT2D eigenvalue weighted by molar-refractivity contribution is 9.10. The molecular formula is C20H18BrNO3. The number of hydrogen-bond donors (Lipinski definition) is 2. The zero-order chi connectivity index (χ0) is 17.6. The first-order valence-corrected chi connectivity index (χ1v) is 9.25.